The molecular weight excluding hydrogens is 324 g/mol. The normalized spacial score (nSPS) is 11.3. The number of carbonyl (C=O) groups is 2. The van der Waals surface area contributed by atoms with E-state index in [2.05, 4.69) is 12.3 Å². The maximum absolute atomic E-state index is 12.7. The number of nitrogens with zero attached hydrogens (tertiary/aromatic N) is 1. The summed E-state index contributed by atoms with van der Waals surface area (Å²) in [5.41, 5.74) is 3.95. The molecule has 2 amide bonds. The van der Waals surface area contributed by atoms with Crippen molar-refractivity contribution in [3.05, 3.63) is 35.4 Å². The first kappa shape index (κ1) is 22.2. The molecule has 0 unspecified atom stereocenters. The Morgan fingerprint density at radius 1 is 1.00 bits per heavy atom. The van der Waals surface area contributed by atoms with Crippen LogP contribution in [-0.4, -0.2) is 22.4 Å². The van der Waals surface area contributed by atoms with Crippen molar-refractivity contribution in [2.45, 2.75) is 91.5 Å². The molecule has 1 N–H and O–H groups in total. The molecule has 1 rings (SSSR count). The Balaban J connectivity index is 2.55. The van der Waals surface area contributed by atoms with Gasteiger partial charge in [-0.25, -0.2) is 5.01 Å². The maximum Gasteiger partial charge on any atom is 0.269 e. The second kappa shape index (κ2) is 11.0. The molecule has 0 saturated carbocycles. The van der Waals surface area contributed by atoms with Crippen molar-refractivity contribution >= 4 is 11.8 Å². The van der Waals surface area contributed by atoms with E-state index in [0.717, 1.165) is 18.4 Å². The predicted molar refractivity (Wildman–Crippen MR) is 108 cm³/mol. The molecule has 4 nitrogen and oxygen atoms in total. The molecule has 0 aliphatic carbocycles. The van der Waals surface area contributed by atoms with Gasteiger partial charge in [-0.05, 0) is 46.2 Å². The Hall–Kier alpha value is -1.84. The lowest BCUT2D eigenvalue weighted by molar-refractivity contribution is -0.139. The number of hydrogen-bond donors (Lipinski definition) is 1. The monoisotopic (exact) mass is 360 g/mol. The minimum absolute atomic E-state index is 0.0212. The van der Waals surface area contributed by atoms with Crippen LogP contribution in [0, 0.1) is 6.92 Å². The lowest BCUT2D eigenvalue weighted by Crippen LogP contribution is -2.55. The lowest BCUT2D eigenvalue weighted by atomic mass is 10.1. The third-order valence-corrected chi connectivity index (χ3v) is 4.41. The number of unbranched alkanes of at least 4 members (excludes halogenated alkanes) is 6. The summed E-state index contributed by atoms with van der Waals surface area (Å²) in [5, 5.41) is 1.49. The summed E-state index contributed by atoms with van der Waals surface area (Å²) in [6.07, 6.45) is 8.66. The van der Waals surface area contributed by atoms with E-state index in [1.807, 2.05) is 45.9 Å². The van der Waals surface area contributed by atoms with Crippen molar-refractivity contribution in [3.63, 3.8) is 0 Å². The van der Waals surface area contributed by atoms with Gasteiger partial charge in [-0.1, -0.05) is 63.1 Å². The number of benzene rings is 1. The topological polar surface area (TPSA) is 49.4 Å². The van der Waals surface area contributed by atoms with Gasteiger partial charge >= 0.3 is 0 Å². The largest absolute Gasteiger partial charge is 0.273 e. The molecule has 0 aliphatic heterocycles. The number of amides is 2. The number of rotatable bonds is 9. The molecule has 0 saturated heterocycles. The second-order valence-corrected chi connectivity index (χ2v) is 8.08. The zero-order chi connectivity index (χ0) is 19.6. The highest BCUT2D eigenvalue weighted by molar-refractivity contribution is 5.95. The zero-order valence-electron chi connectivity index (χ0n) is 17.2. The van der Waals surface area contributed by atoms with Gasteiger partial charge < -0.3 is 0 Å². The molecule has 0 heterocycles. The third kappa shape index (κ3) is 8.03. The summed E-state index contributed by atoms with van der Waals surface area (Å²) in [4.78, 5) is 25.2. The molecule has 0 aromatic heterocycles. The molecule has 0 radical (unpaired) electrons. The van der Waals surface area contributed by atoms with Crippen molar-refractivity contribution in [1.82, 2.24) is 10.4 Å². The van der Waals surface area contributed by atoms with E-state index >= 15 is 0 Å². The maximum atomic E-state index is 12.7. The van der Waals surface area contributed by atoms with Crippen molar-refractivity contribution in [2.75, 3.05) is 0 Å². The highest BCUT2D eigenvalue weighted by atomic mass is 16.2. The van der Waals surface area contributed by atoms with Crippen LogP contribution in [0.3, 0.4) is 0 Å². The van der Waals surface area contributed by atoms with Crippen molar-refractivity contribution < 1.29 is 9.59 Å². The summed E-state index contributed by atoms with van der Waals surface area (Å²) in [6.45, 7) is 9.97. The standard InChI is InChI=1S/C22H36N2O2/c1-6-7-8-9-10-11-12-16-20(25)24(22(3,4)5)23-21(26)19-15-13-14-18(2)17-19/h13-15,17H,6-12,16H2,1-5H3,(H,23,26). The van der Waals surface area contributed by atoms with Crippen molar-refractivity contribution in [1.29, 1.82) is 0 Å². The van der Waals surface area contributed by atoms with E-state index < -0.39 is 5.54 Å². The fourth-order valence-corrected chi connectivity index (χ4v) is 2.90. The molecule has 1 aromatic carbocycles. The van der Waals surface area contributed by atoms with Crippen LogP contribution in [0.4, 0.5) is 0 Å². The van der Waals surface area contributed by atoms with Crippen molar-refractivity contribution in [3.8, 4) is 0 Å². The summed E-state index contributed by atoms with van der Waals surface area (Å²) < 4.78 is 0. The van der Waals surface area contributed by atoms with Crippen LogP contribution >= 0.6 is 0 Å². The molecular formula is C22H36N2O2. The van der Waals surface area contributed by atoms with E-state index in [1.165, 1.54) is 37.1 Å². The highest BCUT2D eigenvalue weighted by Gasteiger charge is 2.28. The van der Waals surface area contributed by atoms with Crippen LogP contribution in [0.5, 0.6) is 0 Å². The fraction of sp³-hybridized carbons (Fsp3) is 0.636. The fourth-order valence-electron chi connectivity index (χ4n) is 2.90. The third-order valence-electron chi connectivity index (χ3n) is 4.41. The van der Waals surface area contributed by atoms with Gasteiger partial charge in [0.1, 0.15) is 0 Å². The van der Waals surface area contributed by atoms with Gasteiger partial charge in [-0.2, -0.15) is 0 Å². The van der Waals surface area contributed by atoms with Crippen LogP contribution in [0.25, 0.3) is 0 Å². The van der Waals surface area contributed by atoms with Gasteiger partial charge in [0.15, 0.2) is 0 Å². The van der Waals surface area contributed by atoms with E-state index in [9.17, 15) is 9.59 Å². The van der Waals surface area contributed by atoms with Gasteiger partial charge in [0.25, 0.3) is 5.91 Å². The minimum atomic E-state index is -0.461. The molecule has 0 aliphatic rings. The van der Waals surface area contributed by atoms with Gasteiger partial charge in [0.2, 0.25) is 5.91 Å². The number of aryl methyl sites for hydroxylation is 1. The van der Waals surface area contributed by atoms with Gasteiger partial charge in [0.05, 0.1) is 5.54 Å². The molecule has 0 atom stereocenters. The van der Waals surface area contributed by atoms with Gasteiger partial charge in [-0.3, -0.25) is 15.0 Å². The average molecular weight is 361 g/mol. The Kier molecular flexibility index (Phi) is 9.39. The molecule has 0 fully saturated rings. The Labute approximate surface area is 159 Å². The summed E-state index contributed by atoms with van der Waals surface area (Å²) in [6, 6.07) is 7.40. The second-order valence-electron chi connectivity index (χ2n) is 8.08. The lowest BCUT2D eigenvalue weighted by Gasteiger charge is -2.35. The molecule has 4 heteroatoms. The molecule has 26 heavy (non-hydrogen) atoms. The minimum Gasteiger partial charge on any atom is -0.273 e. The Bertz CT molecular complexity index is 576. The predicted octanol–water partition coefficient (Wildman–Crippen LogP) is 5.41. The summed E-state index contributed by atoms with van der Waals surface area (Å²) >= 11 is 0. The summed E-state index contributed by atoms with van der Waals surface area (Å²) in [5.74, 6) is -0.261. The van der Waals surface area contributed by atoms with Crippen LogP contribution in [0.1, 0.15) is 95.0 Å². The van der Waals surface area contributed by atoms with E-state index in [4.69, 9.17) is 0 Å². The highest BCUT2D eigenvalue weighted by Crippen LogP contribution is 2.16. The quantitative estimate of drug-likeness (QED) is 0.473. The van der Waals surface area contributed by atoms with Crippen LogP contribution in [-0.2, 0) is 4.79 Å². The van der Waals surface area contributed by atoms with E-state index in [1.54, 1.807) is 6.07 Å². The first-order chi connectivity index (χ1) is 12.3. The van der Waals surface area contributed by atoms with Crippen LogP contribution < -0.4 is 5.43 Å². The van der Waals surface area contributed by atoms with Gasteiger partial charge in [-0.15, -0.1) is 0 Å². The summed E-state index contributed by atoms with van der Waals surface area (Å²) in [7, 11) is 0. The molecule has 0 spiro atoms. The molecule has 0 bridgehead atoms. The smallest absolute Gasteiger partial charge is 0.269 e. The Morgan fingerprint density at radius 3 is 2.19 bits per heavy atom. The number of hydrazine groups is 1. The zero-order valence-corrected chi connectivity index (χ0v) is 17.2. The number of carbonyl (C=O) groups excluding carboxylic acids is 2. The first-order valence-electron chi connectivity index (χ1n) is 9.96. The Morgan fingerprint density at radius 2 is 1.62 bits per heavy atom. The van der Waals surface area contributed by atoms with Crippen LogP contribution in [0.2, 0.25) is 0 Å². The van der Waals surface area contributed by atoms with Crippen molar-refractivity contribution in [2.24, 2.45) is 0 Å². The van der Waals surface area contributed by atoms with E-state index in [0.29, 0.717) is 12.0 Å². The number of hydrogen-bond acceptors (Lipinski definition) is 2. The number of nitrogens with one attached hydrogen (secondary N) is 1. The van der Waals surface area contributed by atoms with E-state index in [-0.39, 0.29) is 11.8 Å². The molecule has 1 aromatic rings. The SMILES string of the molecule is CCCCCCCCCC(=O)N(NC(=O)c1cccc(C)c1)C(C)(C)C. The first-order valence-corrected chi connectivity index (χ1v) is 9.96. The van der Waals surface area contributed by atoms with Crippen LogP contribution in [0.15, 0.2) is 24.3 Å². The molecule has 146 valence electrons. The average Bonchev–Trinajstić information content (AvgIpc) is 2.57. The van der Waals surface area contributed by atoms with Gasteiger partial charge in [0, 0.05) is 12.0 Å².